The van der Waals surface area contributed by atoms with Crippen LogP contribution < -0.4 is 4.90 Å². The Morgan fingerprint density at radius 3 is 2.54 bits per heavy atom. The highest BCUT2D eigenvalue weighted by Crippen LogP contribution is 2.25. The van der Waals surface area contributed by atoms with E-state index < -0.39 is 11.9 Å². The van der Waals surface area contributed by atoms with E-state index in [1.807, 2.05) is 18.2 Å². The van der Waals surface area contributed by atoms with E-state index in [0.29, 0.717) is 28.1 Å². The molecule has 0 saturated carbocycles. The number of fused-ring (bicyclic) bond motifs is 1. The molecule has 0 aliphatic carbocycles. The van der Waals surface area contributed by atoms with Crippen molar-refractivity contribution in [2.45, 2.75) is 0 Å². The quantitative estimate of drug-likeness (QED) is 0.659. The molecule has 0 aliphatic rings. The largest absolute Gasteiger partial charge is 0.480 e. The van der Waals surface area contributed by atoms with Crippen LogP contribution in [0.1, 0.15) is 5.56 Å². The summed E-state index contributed by atoms with van der Waals surface area (Å²) in [4.78, 5) is 32.4. The molecule has 0 unspecified atom stereocenters. The monoisotopic (exact) mass is 349 g/mol. The highest BCUT2D eigenvalue weighted by atomic mass is 16.4. The van der Waals surface area contributed by atoms with Crippen molar-refractivity contribution in [1.82, 2.24) is 9.97 Å². The van der Waals surface area contributed by atoms with Crippen LogP contribution >= 0.6 is 0 Å². The highest BCUT2D eigenvalue weighted by Gasteiger charge is 2.15. The maximum atomic E-state index is 11.3. The van der Waals surface area contributed by atoms with Crippen LogP contribution in [0, 0.1) is 0 Å². The first-order valence-electron chi connectivity index (χ1n) is 7.75. The summed E-state index contributed by atoms with van der Waals surface area (Å²) in [6.07, 6.45) is 3.98. The number of rotatable bonds is 6. The molecule has 1 heterocycles. The molecule has 2 aromatic carbocycles. The van der Waals surface area contributed by atoms with Crippen molar-refractivity contribution in [2.75, 3.05) is 11.4 Å². The molecular weight excluding hydrogens is 334 g/mol. The Kier molecular flexibility index (Phi) is 4.89. The van der Waals surface area contributed by atoms with Crippen LogP contribution in [0.4, 0.5) is 11.5 Å². The van der Waals surface area contributed by atoms with Gasteiger partial charge in [-0.05, 0) is 35.9 Å². The molecule has 0 radical (unpaired) electrons. The molecule has 7 heteroatoms. The van der Waals surface area contributed by atoms with E-state index in [0.717, 1.165) is 6.08 Å². The fraction of sp³-hybridized carbons (Fsp3) is 0.0526. The van der Waals surface area contributed by atoms with Crippen LogP contribution in [0.15, 0.2) is 60.8 Å². The molecule has 1 aromatic heterocycles. The van der Waals surface area contributed by atoms with Gasteiger partial charge in [-0.3, -0.25) is 9.78 Å². The fourth-order valence-electron chi connectivity index (χ4n) is 2.48. The van der Waals surface area contributed by atoms with Crippen LogP contribution in [0.2, 0.25) is 0 Å². The number of para-hydroxylation sites is 2. The summed E-state index contributed by atoms with van der Waals surface area (Å²) < 4.78 is 0. The van der Waals surface area contributed by atoms with E-state index >= 15 is 0 Å². The van der Waals surface area contributed by atoms with Gasteiger partial charge in [-0.15, -0.1) is 0 Å². The standard InChI is InChI=1S/C19H15N3O4/c23-18(24)9-8-13-4-3-5-14(10-13)22(12-19(25)26)17-11-20-15-6-1-2-7-16(15)21-17/h1-11H,12H2,(H,23,24)(H,25,26)/b9-8+. The van der Waals surface area contributed by atoms with Crippen molar-refractivity contribution in [3.05, 3.63) is 66.4 Å². The van der Waals surface area contributed by atoms with Gasteiger partial charge in [0.1, 0.15) is 6.54 Å². The minimum Gasteiger partial charge on any atom is -0.480 e. The summed E-state index contributed by atoms with van der Waals surface area (Å²) in [7, 11) is 0. The summed E-state index contributed by atoms with van der Waals surface area (Å²) in [5.41, 5.74) is 2.57. The molecule has 7 nitrogen and oxygen atoms in total. The third-order valence-corrected chi connectivity index (χ3v) is 3.61. The van der Waals surface area contributed by atoms with Gasteiger partial charge in [0.25, 0.3) is 0 Å². The third-order valence-electron chi connectivity index (χ3n) is 3.61. The Labute approximate surface area is 148 Å². The number of aliphatic carboxylic acids is 2. The molecule has 0 atom stereocenters. The van der Waals surface area contributed by atoms with Gasteiger partial charge in [-0.1, -0.05) is 24.3 Å². The number of carboxylic acids is 2. The number of aromatic nitrogens is 2. The van der Waals surface area contributed by atoms with Crippen molar-refractivity contribution < 1.29 is 19.8 Å². The molecule has 0 aliphatic heterocycles. The zero-order valence-electron chi connectivity index (χ0n) is 13.6. The fourth-order valence-corrected chi connectivity index (χ4v) is 2.48. The van der Waals surface area contributed by atoms with Gasteiger partial charge < -0.3 is 15.1 Å². The van der Waals surface area contributed by atoms with E-state index in [-0.39, 0.29) is 6.54 Å². The lowest BCUT2D eigenvalue weighted by molar-refractivity contribution is -0.135. The number of carboxylic acid groups (broad SMARTS) is 2. The van der Waals surface area contributed by atoms with Gasteiger partial charge in [0.05, 0.1) is 17.2 Å². The number of anilines is 2. The predicted molar refractivity (Wildman–Crippen MR) is 97.3 cm³/mol. The minimum atomic E-state index is -1.06. The average Bonchev–Trinajstić information content (AvgIpc) is 2.64. The minimum absolute atomic E-state index is 0.306. The van der Waals surface area contributed by atoms with Crippen molar-refractivity contribution in [1.29, 1.82) is 0 Å². The Morgan fingerprint density at radius 1 is 1.04 bits per heavy atom. The molecule has 0 spiro atoms. The van der Waals surface area contributed by atoms with E-state index in [9.17, 15) is 14.7 Å². The molecule has 2 N–H and O–H groups in total. The Morgan fingerprint density at radius 2 is 1.81 bits per heavy atom. The molecule has 3 rings (SSSR count). The molecule has 26 heavy (non-hydrogen) atoms. The first-order valence-corrected chi connectivity index (χ1v) is 7.75. The number of nitrogens with zero attached hydrogens (tertiary/aromatic N) is 3. The second-order valence-electron chi connectivity index (χ2n) is 5.46. The van der Waals surface area contributed by atoms with Gasteiger partial charge in [0.15, 0.2) is 5.82 Å². The second-order valence-corrected chi connectivity index (χ2v) is 5.46. The zero-order chi connectivity index (χ0) is 18.5. The van der Waals surface area contributed by atoms with Crippen LogP contribution in [-0.4, -0.2) is 38.7 Å². The number of carbonyl (C=O) groups is 2. The van der Waals surface area contributed by atoms with Crippen molar-refractivity contribution in [3.63, 3.8) is 0 Å². The van der Waals surface area contributed by atoms with Crippen LogP contribution in [0.25, 0.3) is 17.1 Å². The molecule has 0 amide bonds. The lowest BCUT2D eigenvalue weighted by Crippen LogP contribution is -2.26. The molecule has 0 saturated heterocycles. The normalized spacial score (nSPS) is 10.9. The van der Waals surface area contributed by atoms with Crippen LogP contribution in [-0.2, 0) is 9.59 Å². The lowest BCUT2D eigenvalue weighted by atomic mass is 10.1. The number of hydrogen-bond donors (Lipinski definition) is 2. The molecule has 130 valence electrons. The van der Waals surface area contributed by atoms with Crippen molar-refractivity contribution in [2.24, 2.45) is 0 Å². The average molecular weight is 349 g/mol. The Bertz CT molecular complexity index is 1000. The van der Waals surface area contributed by atoms with E-state index in [1.165, 1.54) is 17.2 Å². The van der Waals surface area contributed by atoms with Crippen LogP contribution in [0.3, 0.4) is 0 Å². The molecular formula is C19H15N3O4. The Balaban J connectivity index is 2.03. The summed E-state index contributed by atoms with van der Waals surface area (Å²) in [5, 5.41) is 18.0. The van der Waals surface area contributed by atoms with Gasteiger partial charge in [-0.25, -0.2) is 9.78 Å². The van der Waals surface area contributed by atoms with E-state index in [1.54, 1.807) is 30.3 Å². The first-order chi connectivity index (χ1) is 12.5. The Hall–Kier alpha value is -3.74. The second kappa shape index (κ2) is 7.43. The summed E-state index contributed by atoms with van der Waals surface area (Å²) >= 11 is 0. The van der Waals surface area contributed by atoms with Gasteiger partial charge in [0.2, 0.25) is 0 Å². The zero-order valence-corrected chi connectivity index (χ0v) is 13.6. The van der Waals surface area contributed by atoms with E-state index in [2.05, 4.69) is 9.97 Å². The number of hydrogen-bond acceptors (Lipinski definition) is 5. The highest BCUT2D eigenvalue weighted by molar-refractivity contribution is 5.86. The van der Waals surface area contributed by atoms with Gasteiger partial charge >= 0.3 is 11.9 Å². The summed E-state index contributed by atoms with van der Waals surface area (Å²) in [6, 6.07) is 14.2. The van der Waals surface area contributed by atoms with Crippen molar-refractivity contribution >= 4 is 40.6 Å². The third kappa shape index (κ3) is 4.02. The summed E-state index contributed by atoms with van der Waals surface area (Å²) in [6.45, 7) is -0.306. The SMILES string of the molecule is O=C(O)/C=C/c1cccc(N(CC(=O)O)c2cnc3ccccc3n2)c1. The van der Waals surface area contributed by atoms with Crippen LogP contribution in [0.5, 0.6) is 0 Å². The molecule has 3 aromatic rings. The first kappa shape index (κ1) is 17.1. The molecule has 0 fully saturated rings. The van der Waals surface area contributed by atoms with Crippen molar-refractivity contribution in [3.8, 4) is 0 Å². The van der Waals surface area contributed by atoms with E-state index in [4.69, 9.17) is 5.11 Å². The maximum Gasteiger partial charge on any atom is 0.328 e. The predicted octanol–water partition coefficient (Wildman–Crippen LogP) is 2.95. The topological polar surface area (TPSA) is 104 Å². The van der Waals surface area contributed by atoms with Gasteiger partial charge in [0, 0.05) is 11.8 Å². The number of benzene rings is 2. The smallest absolute Gasteiger partial charge is 0.328 e. The maximum absolute atomic E-state index is 11.3. The lowest BCUT2D eigenvalue weighted by Gasteiger charge is -2.22. The summed E-state index contributed by atoms with van der Waals surface area (Å²) in [5.74, 6) is -1.69. The molecule has 0 bridgehead atoms. The van der Waals surface area contributed by atoms with Gasteiger partial charge in [-0.2, -0.15) is 0 Å².